The van der Waals surface area contributed by atoms with E-state index >= 15 is 0 Å². The van der Waals surface area contributed by atoms with Crippen molar-refractivity contribution in [3.8, 4) is 0 Å². The van der Waals surface area contributed by atoms with Crippen LogP contribution in [-0.2, 0) is 13.9 Å². The van der Waals surface area contributed by atoms with Crippen LogP contribution in [0.25, 0.3) is 0 Å². The zero-order chi connectivity index (χ0) is 10.5. The first-order valence-corrected chi connectivity index (χ1v) is 4.89. The molecule has 78 valence electrons. The fourth-order valence-corrected chi connectivity index (χ4v) is 0.887. The highest BCUT2D eigenvalue weighted by Gasteiger charge is 2.21. The van der Waals surface area contributed by atoms with Crippen LogP contribution < -0.4 is 0 Å². The highest BCUT2D eigenvalue weighted by molar-refractivity contribution is 7.46. The first-order chi connectivity index (χ1) is 5.87. The Morgan fingerprint density at radius 1 is 1.31 bits per heavy atom. The van der Waals surface area contributed by atoms with E-state index in [-0.39, 0.29) is 6.42 Å². The fraction of sp³-hybridized carbons (Fsp3) is 0.800. The molecule has 0 aromatic rings. The van der Waals surface area contributed by atoms with Crippen molar-refractivity contribution < 1.29 is 33.9 Å². The Balaban J connectivity index is 3.80. The minimum absolute atomic E-state index is 0.314. The third-order valence-electron chi connectivity index (χ3n) is 1.20. The number of rotatable bonds is 6. The van der Waals surface area contributed by atoms with Gasteiger partial charge in [-0.15, -0.1) is 0 Å². The van der Waals surface area contributed by atoms with Gasteiger partial charge in [-0.05, 0) is 0 Å². The summed E-state index contributed by atoms with van der Waals surface area (Å²) in [5.74, 6) is 0. The summed E-state index contributed by atoms with van der Waals surface area (Å²) < 4.78 is 14.0. The average Bonchev–Trinajstić information content (AvgIpc) is 1.99. The summed E-state index contributed by atoms with van der Waals surface area (Å²) >= 11 is 0. The number of aliphatic hydroxyl groups is 2. The molecule has 0 aliphatic heterocycles. The van der Waals surface area contributed by atoms with Gasteiger partial charge in [-0.2, -0.15) is 0 Å². The predicted molar refractivity (Wildman–Crippen MR) is 40.7 cm³/mol. The van der Waals surface area contributed by atoms with Crippen LogP contribution in [0, 0.1) is 0 Å². The van der Waals surface area contributed by atoms with Gasteiger partial charge in [0, 0.05) is 6.42 Å². The molecular formula is C5H11O7P. The molecule has 2 unspecified atom stereocenters. The molecule has 0 bridgehead atoms. The summed E-state index contributed by atoms with van der Waals surface area (Å²) in [6, 6.07) is 0. The minimum atomic E-state index is -4.64. The molecule has 0 aliphatic carbocycles. The van der Waals surface area contributed by atoms with Gasteiger partial charge in [-0.3, -0.25) is 4.52 Å². The molecule has 0 heterocycles. The van der Waals surface area contributed by atoms with Crippen molar-refractivity contribution >= 4 is 14.1 Å². The molecular weight excluding hydrogens is 203 g/mol. The molecule has 0 aromatic carbocycles. The molecule has 2 atom stereocenters. The van der Waals surface area contributed by atoms with E-state index in [1.165, 1.54) is 0 Å². The summed E-state index contributed by atoms with van der Waals surface area (Å²) in [5.41, 5.74) is 0. The second-order valence-corrected chi connectivity index (χ2v) is 3.56. The Labute approximate surface area is 74.2 Å². The summed E-state index contributed by atoms with van der Waals surface area (Å²) in [5, 5.41) is 17.8. The number of carbonyl (C=O) groups excluding carboxylic acids is 1. The predicted octanol–water partition coefficient (Wildman–Crippen LogP) is -1.59. The van der Waals surface area contributed by atoms with Gasteiger partial charge < -0.3 is 24.8 Å². The van der Waals surface area contributed by atoms with E-state index < -0.39 is 26.6 Å². The highest BCUT2D eigenvalue weighted by atomic mass is 31.2. The molecule has 0 saturated heterocycles. The van der Waals surface area contributed by atoms with Crippen LogP contribution in [-0.4, -0.2) is 45.1 Å². The monoisotopic (exact) mass is 214 g/mol. The Kier molecular flexibility index (Phi) is 5.31. The number of aliphatic hydroxyl groups excluding tert-OH is 2. The van der Waals surface area contributed by atoms with Crippen LogP contribution in [0.15, 0.2) is 0 Å². The molecule has 0 radical (unpaired) electrons. The number of hydrogen-bond donors (Lipinski definition) is 4. The lowest BCUT2D eigenvalue weighted by molar-refractivity contribution is -0.111. The smallest absolute Gasteiger partial charge is 0.390 e. The molecule has 7 nitrogen and oxygen atoms in total. The van der Waals surface area contributed by atoms with Crippen molar-refractivity contribution in [2.45, 2.75) is 18.6 Å². The summed E-state index contributed by atoms with van der Waals surface area (Å²) in [7, 11) is -4.64. The molecule has 0 aliphatic rings. The summed E-state index contributed by atoms with van der Waals surface area (Å²) in [6.45, 7) is -0.723. The number of aldehydes is 1. The van der Waals surface area contributed by atoms with E-state index in [9.17, 15) is 9.36 Å². The van der Waals surface area contributed by atoms with Crippen LogP contribution in [0.4, 0.5) is 0 Å². The van der Waals surface area contributed by atoms with Crippen molar-refractivity contribution in [2.24, 2.45) is 0 Å². The maximum Gasteiger partial charge on any atom is 0.469 e. The maximum absolute atomic E-state index is 10.1. The second kappa shape index (κ2) is 5.43. The van der Waals surface area contributed by atoms with E-state index in [4.69, 9.17) is 20.0 Å². The Bertz CT molecular complexity index is 199. The van der Waals surface area contributed by atoms with Crippen LogP contribution >= 0.6 is 7.82 Å². The minimum Gasteiger partial charge on any atom is -0.390 e. The van der Waals surface area contributed by atoms with Gasteiger partial charge in [-0.1, -0.05) is 0 Å². The maximum atomic E-state index is 10.1. The Morgan fingerprint density at radius 3 is 2.23 bits per heavy atom. The largest absolute Gasteiger partial charge is 0.469 e. The second-order valence-electron chi connectivity index (χ2n) is 2.32. The van der Waals surface area contributed by atoms with Gasteiger partial charge in [0.15, 0.2) is 0 Å². The Hall–Kier alpha value is -0.300. The van der Waals surface area contributed by atoms with Crippen molar-refractivity contribution in [1.29, 1.82) is 0 Å². The van der Waals surface area contributed by atoms with Gasteiger partial charge in [-0.25, -0.2) is 4.57 Å². The zero-order valence-corrected chi connectivity index (χ0v) is 7.50. The third-order valence-corrected chi connectivity index (χ3v) is 1.68. The quantitative estimate of drug-likeness (QED) is 0.310. The standard InChI is InChI=1S/C5H11O7P/c6-2-1-4(7)5(8)3-12-13(9,10)11/h2,4-5,7-8H,1,3H2,(H2,9,10,11). The van der Waals surface area contributed by atoms with Crippen molar-refractivity contribution in [1.82, 2.24) is 0 Å². The SMILES string of the molecule is O=CCC(O)C(O)COP(=O)(O)O. The normalized spacial score (nSPS) is 16.6. The molecule has 4 N–H and O–H groups in total. The lowest BCUT2D eigenvalue weighted by Gasteiger charge is -2.15. The summed E-state index contributed by atoms with van der Waals surface area (Å²) in [6.07, 6.45) is -2.79. The van der Waals surface area contributed by atoms with Gasteiger partial charge in [0.2, 0.25) is 0 Å². The van der Waals surface area contributed by atoms with E-state index in [0.29, 0.717) is 6.29 Å². The molecule has 13 heavy (non-hydrogen) atoms. The van der Waals surface area contributed by atoms with E-state index in [2.05, 4.69) is 4.52 Å². The van der Waals surface area contributed by atoms with E-state index in [1.54, 1.807) is 0 Å². The third kappa shape index (κ3) is 6.83. The van der Waals surface area contributed by atoms with Crippen LogP contribution in [0.3, 0.4) is 0 Å². The molecule has 0 spiro atoms. The van der Waals surface area contributed by atoms with Gasteiger partial charge in [0.05, 0.1) is 12.7 Å². The average molecular weight is 214 g/mol. The number of phosphoric acid groups is 1. The zero-order valence-electron chi connectivity index (χ0n) is 6.61. The molecule has 0 rings (SSSR count). The van der Waals surface area contributed by atoms with Crippen LogP contribution in [0.5, 0.6) is 0 Å². The van der Waals surface area contributed by atoms with Crippen molar-refractivity contribution in [2.75, 3.05) is 6.61 Å². The van der Waals surface area contributed by atoms with Crippen LogP contribution in [0.1, 0.15) is 6.42 Å². The van der Waals surface area contributed by atoms with Crippen molar-refractivity contribution in [3.63, 3.8) is 0 Å². The van der Waals surface area contributed by atoms with Gasteiger partial charge in [0.25, 0.3) is 0 Å². The van der Waals surface area contributed by atoms with E-state index in [1.807, 2.05) is 0 Å². The topological polar surface area (TPSA) is 124 Å². The van der Waals surface area contributed by atoms with Crippen LogP contribution in [0.2, 0.25) is 0 Å². The number of carbonyl (C=O) groups is 1. The van der Waals surface area contributed by atoms with Gasteiger partial charge >= 0.3 is 7.82 Å². The first kappa shape index (κ1) is 12.7. The molecule has 0 amide bonds. The summed E-state index contributed by atoms with van der Waals surface area (Å²) in [4.78, 5) is 26.3. The number of hydrogen-bond acceptors (Lipinski definition) is 5. The first-order valence-electron chi connectivity index (χ1n) is 3.36. The molecule has 8 heteroatoms. The fourth-order valence-electron chi connectivity index (χ4n) is 0.540. The molecule has 0 saturated carbocycles. The lowest BCUT2D eigenvalue weighted by atomic mass is 10.2. The lowest BCUT2D eigenvalue weighted by Crippen LogP contribution is -2.30. The van der Waals surface area contributed by atoms with E-state index in [0.717, 1.165) is 0 Å². The number of phosphoric ester groups is 1. The van der Waals surface area contributed by atoms with Crippen molar-refractivity contribution in [3.05, 3.63) is 0 Å². The molecule has 0 aromatic heterocycles. The van der Waals surface area contributed by atoms with Gasteiger partial charge in [0.1, 0.15) is 12.4 Å². The highest BCUT2D eigenvalue weighted by Crippen LogP contribution is 2.35. The Morgan fingerprint density at radius 2 is 1.85 bits per heavy atom. The molecule has 0 fully saturated rings.